The molecule has 0 bridgehead atoms. The van der Waals surface area contributed by atoms with Crippen LogP contribution in [0, 0.1) is 0 Å². The van der Waals surface area contributed by atoms with Crippen LogP contribution >= 0.6 is 0 Å². The summed E-state index contributed by atoms with van der Waals surface area (Å²) in [6, 6.07) is 58.7. The molecule has 1 atom stereocenters. The Morgan fingerprint density at radius 2 is 1.08 bits per heavy atom. The second kappa shape index (κ2) is 16.7. The summed E-state index contributed by atoms with van der Waals surface area (Å²) in [5.74, 6) is 0. The molecule has 6 aromatic rings. The van der Waals surface area contributed by atoms with Crippen LogP contribution < -0.4 is 9.80 Å². The summed E-state index contributed by atoms with van der Waals surface area (Å²) >= 11 is 0. The number of anilines is 5. The maximum Gasteiger partial charge on any atom is 0.0465 e. The Balaban J connectivity index is 0.00000150. The number of hydrogen-bond acceptors (Lipinski definition) is 2. The Morgan fingerprint density at radius 1 is 0.596 bits per heavy atom. The van der Waals surface area contributed by atoms with Crippen molar-refractivity contribution in [2.24, 2.45) is 0 Å². The van der Waals surface area contributed by atoms with Crippen LogP contribution in [0.1, 0.15) is 43.0 Å². The van der Waals surface area contributed by atoms with E-state index >= 15 is 0 Å². The summed E-state index contributed by atoms with van der Waals surface area (Å²) in [6.45, 7) is 13.9. The Hall–Kier alpha value is -6.12. The van der Waals surface area contributed by atoms with E-state index in [1.165, 1.54) is 27.8 Å². The van der Waals surface area contributed by atoms with E-state index in [2.05, 4.69) is 213 Å². The molecule has 1 aliphatic carbocycles. The fraction of sp³-hybridized carbons (Fsp3) is 0.120. The van der Waals surface area contributed by atoms with Gasteiger partial charge in [0.05, 0.1) is 0 Å². The number of rotatable bonds is 10. The van der Waals surface area contributed by atoms with E-state index in [0.29, 0.717) is 0 Å². The highest BCUT2D eigenvalue weighted by Crippen LogP contribution is 2.51. The monoisotopic (exact) mass is 676 g/mol. The topological polar surface area (TPSA) is 6.48 Å². The summed E-state index contributed by atoms with van der Waals surface area (Å²) in [6.07, 6.45) is 10.1. The van der Waals surface area contributed by atoms with E-state index in [4.69, 9.17) is 0 Å². The fourth-order valence-corrected chi connectivity index (χ4v) is 7.39. The first-order chi connectivity index (χ1) is 25.5. The molecule has 0 amide bonds. The highest BCUT2D eigenvalue weighted by Gasteiger charge is 2.42. The van der Waals surface area contributed by atoms with E-state index in [1.807, 2.05) is 13.0 Å². The molecular weight excluding hydrogens is 629 g/mol. The average molecular weight is 677 g/mol. The zero-order valence-electron chi connectivity index (χ0n) is 30.6. The fourth-order valence-electron chi connectivity index (χ4n) is 7.39. The summed E-state index contributed by atoms with van der Waals surface area (Å²) in [4.78, 5) is 4.73. The quantitative estimate of drug-likeness (QED) is 0.133. The van der Waals surface area contributed by atoms with Gasteiger partial charge in [-0.15, -0.1) is 13.2 Å². The second-order valence-corrected chi connectivity index (χ2v) is 13.1. The molecular formula is C50H48N2. The SMILES string of the molecule is C=CC.C=CCc1ccccc1C1(C)/C(=C/C(=C\C)N(c2ccccc2)c2ccccc2)Cc2ccc(N(c3ccccc3)c3ccccc3)cc21. The number of benzene rings is 6. The van der Waals surface area contributed by atoms with Crippen LogP contribution in [0.5, 0.6) is 0 Å². The van der Waals surface area contributed by atoms with Gasteiger partial charge >= 0.3 is 0 Å². The van der Waals surface area contributed by atoms with E-state index in [9.17, 15) is 0 Å². The molecule has 0 N–H and O–H groups in total. The van der Waals surface area contributed by atoms with Crippen LogP contribution in [-0.4, -0.2) is 0 Å². The third-order valence-corrected chi connectivity index (χ3v) is 9.77. The van der Waals surface area contributed by atoms with Gasteiger partial charge in [-0.1, -0.05) is 121 Å². The average Bonchev–Trinajstić information content (AvgIpc) is 3.47. The zero-order chi connectivity index (χ0) is 36.3. The third-order valence-electron chi connectivity index (χ3n) is 9.77. The number of para-hydroxylation sites is 4. The molecule has 0 spiro atoms. The highest BCUT2D eigenvalue weighted by atomic mass is 15.1. The lowest BCUT2D eigenvalue weighted by atomic mass is 9.72. The minimum absolute atomic E-state index is 0.378. The van der Waals surface area contributed by atoms with Crippen LogP contribution in [0.15, 0.2) is 213 Å². The minimum atomic E-state index is -0.378. The van der Waals surface area contributed by atoms with E-state index in [-0.39, 0.29) is 5.41 Å². The van der Waals surface area contributed by atoms with Gasteiger partial charge in [0, 0.05) is 39.5 Å². The van der Waals surface area contributed by atoms with E-state index < -0.39 is 0 Å². The van der Waals surface area contributed by atoms with Gasteiger partial charge in [-0.3, -0.25) is 0 Å². The van der Waals surface area contributed by atoms with Crippen molar-refractivity contribution in [2.75, 3.05) is 9.80 Å². The van der Waals surface area contributed by atoms with Crippen molar-refractivity contribution < 1.29 is 0 Å². The third kappa shape index (κ3) is 7.33. The van der Waals surface area contributed by atoms with Gasteiger partial charge in [-0.05, 0) is 128 Å². The summed E-state index contributed by atoms with van der Waals surface area (Å²) < 4.78 is 0. The molecule has 0 saturated carbocycles. The van der Waals surface area contributed by atoms with Crippen molar-refractivity contribution >= 4 is 28.4 Å². The van der Waals surface area contributed by atoms with Crippen LogP contribution in [0.2, 0.25) is 0 Å². The van der Waals surface area contributed by atoms with Gasteiger partial charge in [-0.25, -0.2) is 0 Å². The first-order valence-corrected chi connectivity index (χ1v) is 18.1. The smallest absolute Gasteiger partial charge is 0.0465 e. The van der Waals surface area contributed by atoms with Gasteiger partial charge in [0.15, 0.2) is 0 Å². The Kier molecular flexibility index (Phi) is 11.5. The van der Waals surface area contributed by atoms with Gasteiger partial charge < -0.3 is 9.80 Å². The first-order valence-electron chi connectivity index (χ1n) is 18.1. The molecule has 6 aromatic carbocycles. The van der Waals surface area contributed by atoms with Crippen LogP contribution in [0.4, 0.5) is 28.4 Å². The molecule has 1 unspecified atom stereocenters. The van der Waals surface area contributed by atoms with Gasteiger partial charge in [-0.2, -0.15) is 0 Å². The number of nitrogens with zero attached hydrogens (tertiary/aromatic N) is 2. The Labute approximate surface area is 311 Å². The molecule has 0 fully saturated rings. The maximum atomic E-state index is 4.13. The van der Waals surface area contributed by atoms with Crippen molar-refractivity contribution in [1.29, 1.82) is 0 Å². The van der Waals surface area contributed by atoms with Gasteiger partial charge in [0.25, 0.3) is 0 Å². The minimum Gasteiger partial charge on any atom is -0.311 e. The predicted molar refractivity (Wildman–Crippen MR) is 224 cm³/mol. The highest BCUT2D eigenvalue weighted by molar-refractivity contribution is 5.79. The molecule has 0 radical (unpaired) electrons. The lowest BCUT2D eigenvalue weighted by molar-refractivity contribution is 0.686. The molecule has 0 saturated heterocycles. The lowest BCUT2D eigenvalue weighted by Gasteiger charge is -2.34. The van der Waals surface area contributed by atoms with Crippen LogP contribution in [0.3, 0.4) is 0 Å². The molecule has 0 heterocycles. The molecule has 2 nitrogen and oxygen atoms in total. The number of fused-ring (bicyclic) bond motifs is 1. The molecule has 52 heavy (non-hydrogen) atoms. The normalized spacial score (nSPS) is 15.6. The summed E-state index contributed by atoms with van der Waals surface area (Å²) in [5, 5.41) is 0. The predicted octanol–water partition coefficient (Wildman–Crippen LogP) is 13.6. The molecule has 1 aliphatic rings. The zero-order valence-corrected chi connectivity index (χ0v) is 30.6. The van der Waals surface area contributed by atoms with Crippen LogP contribution in [0.25, 0.3) is 0 Å². The molecule has 0 aliphatic heterocycles. The first kappa shape index (κ1) is 35.7. The molecule has 7 rings (SSSR count). The van der Waals surface area contributed by atoms with E-state index in [0.717, 1.165) is 47.0 Å². The van der Waals surface area contributed by atoms with Crippen molar-refractivity contribution in [1.82, 2.24) is 0 Å². The van der Waals surface area contributed by atoms with Crippen molar-refractivity contribution in [3.8, 4) is 0 Å². The Bertz CT molecular complexity index is 2070. The van der Waals surface area contributed by atoms with Crippen LogP contribution in [-0.2, 0) is 18.3 Å². The van der Waals surface area contributed by atoms with Gasteiger partial charge in [0.1, 0.15) is 0 Å². The summed E-state index contributed by atoms with van der Waals surface area (Å²) in [5.41, 5.74) is 13.1. The van der Waals surface area contributed by atoms with Gasteiger partial charge in [0.2, 0.25) is 0 Å². The molecule has 0 aromatic heterocycles. The largest absolute Gasteiger partial charge is 0.311 e. The second-order valence-electron chi connectivity index (χ2n) is 13.1. The number of allylic oxidation sites excluding steroid dienone is 5. The molecule has 258 valence electrons. The van der Waals surface area contributed by atoms with Crippen molar-refractivity contribution in [3.63, 3.8) is 0 Å². The van der Waals surface area contributed by atoms with E-state index in [1.54, 1.807) is 6.08 Å². The lowest BCUT2D eigenvalue weighted by Crippen LogP contribution is -2.26. The Morgan fingerprint density at radius 3 is 1.58 bits per heavy atom. The molecule has 2 heteroatoms. The number of hydrogen-bond donors (Lipinski definition) is 0. The van der Waals surface area contributed by atoms with Crippen molar-refractivity contribution in [3.05, 3.63) is 235 Å². The van der Waals surface area contributed by atoms with Crippen molar-refractivity contribution in [2.45, 2.75) is 39.0 Å². The maximum absolute atomic E-state index is 4.13. The summed E-state index contributed by atoms with van der Waals surface area (Å²) in [7, 11) is 0. The standard InChI is InChI=1S/C47H42N2.C3H6/c1-4-20-36-21-18-19-30-45(36)47(3)38(34-39(5-2)48(40-22-10-6-11-23-40)41-24-12-7-13-25-41)33-37-31-32-44(35-46(37)47)49(42-26-14-8-15-27-42)43-28-16-9-17-29-43;1-3-2/h4-19,21-32,34-35H,1,20,33H2,2-3H3;3H,1H2,2H3/b38-34+,39-5+;.